The van der Waals surface area contributed by atoms with E-state index in [9.17, 15) is 8.42 Å². The van der Waals surface area contributed by atoms with E-state index in [0.717, 1.165) is 47.0 Å². The van der Waals surface area contributed by atoms with E-state index >= 15 is 0 Å². The van der Waals surface area contributed by atoms with Gasteiger partial charge in [0.15, 0.2) is 5.13 Å². The van der Waals surface area contributed by atoms with Gasteiger partial charge in [0.1, 0.15) is 5.75 Å². The molecule has 0 N–H and O–H groups in total. The molecular weight excluding hydrogens is 358 g/mol. The van der Waals surface area contributed by atoms with Crippen LogP contribution in [-0.2, 0) is 10.0 Å². The summed E-state index contributed by atoms with van der Waals surface area (Å²) in [6.45, 7) is 5.07. The first-order chi connectivity index (χ1) is 11.9. The molecule has 1 aliphatic rings. The zero-order valence-corrected chi connectivity index (χ0v) is 16.6. The minimum Gasteiger partial charge on any atom is -0.494 e. The number of hydrogen-bond acceptors (Lipinski definition) is 6. The molecule has 0 aliphatic carbocycles. The second-order valence-corrected chi connectivity index (χ2v) is 9.63. The smallest absolute Gasteiger partial charge is 0.210 e. The maximum absolute atomic E-state index is 11.6. The van der Waals surface area contributed by atoms with Gasteiger partial charge in [0.25, 0.3) is 0 Å². The zero-order valence-electron chi connectivity index (χ0n) is 14.9. The van der Waals surface area contributed by atoms with Crippen LogP contribution in [0.1, 0.15) is 19.8 Å². The molecule has 0 amide bonds. The fourth-order valence-corrected chi connectivity index (χ4v) is 4.62. The Morgan fingerprint density at radius 1 is 1.36 bits per heavy atom. The van der Waals surface area contributed by atoms with Crippen molar-refractivity contribution < 1.29 is 13.2 Å². The van der Waals surface area contributed by atoms with E-state index in [2.05, 4.69) is 4.90 Å². The highest BCUT2D eigenvalue weighted by Crippen LogP contribution is 2.33. The van der Waals surface area contributed by atoms with Gasteiger partial charge in [-0.3, -0.25) is 0 Å². The van der Waals surface area contributed by atoms with Crippen LogP contribution in [0.25, 0.3) is 10.2 Å². The molecule has 1 aromatic heterocycles. The van der Waals surface area contributed by atoms with Crippen molar-refractivity contribution in [3.63, 3.8) is 0 Å². The molecule has 1 aliphatic heterocycles. The molecule has 0 atom stereocenters. The van der Waals surface area contributed by atoms with Crippen LogP contribution in [0.4, 0.5) is 5.13 Å². The van der Waals surface area contributed by atoms with Crippen molar-refractivity contribution in [2.24, 2.45) is 5.92 Å². The maximum atomic E-state index is 11.6. The summed E-state index contributed by atoms with van der Waals surface area (Å²) in [5.74, 6) is 1.29. The van der Waals surface area contributed by atoms with Gasteiger partial charge in [-0.1, -0.05) is 11.3 Å². The number of aromatic nitrogens is 1. The zero-order chi connectivity index (χ0) is 18.0. The summed E-state index contributed by atoms with van der Waals surface area (Å²) in [4.78, 5) is 7.05. The van der Waals surface area contributed by atoms with Crippen LogP contribution in [0.3, 0.4) is 0 Å². The lowest BCUT2D eigenvalue weighted by Crippen LogP contribution is -2.39. The van der Waals surface area contributed by atoms with Crippen molar-refractivity contribution in [2.75, 3.05) is 44.4 Å². The summed E-state index contributed by atoms with van der Waals surface area (Å²) in [7, 11) is -1.44. The molecule has 3 rings (SSSR count). The quantitative estimate of drug-likeness (QED) is 0.768. The highest BCUT2D eigenvalue weighted by molar-refractivity contribution is 7.88. The van der Waals surface area contributed by atoms with Crippen LogP contribution in [0.15, 0.2) is 18.2 Å². The summed E-state index contributed by atoms with van der Waals surface area (Å²) >= 11 is 1.69. The predicted molar refractivity (Wildman–Crippen MR) is 103 cm³/mol. The molecule has 2 aromatic rings. The molecule has 8 heteroatoms. The molecule has 0 spiro atoms. The molecule has 1 saturated heterocycles. The van der Waals surface area contributed by atoms with Crippen molar-refractivity contribution in [1.82, 2.24) is 9.29 Å². The number of fused-ring (bicyclic) bond motifs is 1. The third-order valence-corrected chi connectivity index (χ3v) is 6.99. The number of ether oxygens (including phenoxy) is 1. The van der Waals surface area contributed by atoms with Crippen LogP contribution in [0, 0.1) is 5.92 Å². The van der Waals surface area contributed by atoms with E-state index < -0.39 is 10.0 Å². The van der Waals surface area contributed by atoms with Crippen LogP contribution in [-0.4, -0.2) is 57.3 Å². The van der Waals surface area contributed by atoms with Gasteiger partial charge in [-0.05, 0) is 43.9 Å². The first-order valence-electron chi connectivity index (χ1n) is 8.56. The minimum atomic E-state index is -3.10. The largest absolute Gasteiger partial charge is 0.494 e. The van der Waals surface area contributed by atoms with Crippen molar-refractivity contribution >= 4 is 36.7 Å². The van der Waals surface area contributed by atoms with E-state index in [0.29, 0.717) is 19.1 Å². The molecule has 0 unspecified atom stereocenters. The van der Waals surface area contributed by atoms with Crippen LogP contribution < -0.4 is 9.64 Å². The molecular formula is C17H25N3O3S2. The summed E-state index contributed by atoms with van der Waals surface area (Å²) < 4.78 is 31.3. The van der Waals surface area contributed by atoms with Gasteiger partial charge in [-0.2, -0.15) is 0 Å². The number of benzene rings is 1. The van der Waals surface area contributed by atoms with E-state index in [-0.39, 0.29) is 0 Å². The molecule has 0 radical (unpaired) electrons. The molecule has 1 fully saturated rings. The summed E-state index contributed by atoms with van der Waals surface area (Å²) in [5, 5.41) is 1.04. The molecule has 0 saturated carbocycles. The topological polar surface area (TPSA) is 62.7 Å². The fraction of sp³-hybridized carbons (Fsp3) is 0.588. The van der Waals surface area contributed by atoms with Crippen molar-refractivity contribution in [3.05, 3.63) is 18.2 Å². The second-order valence-electron chi connectivity index (χ2n) is 6.53. The maximum Gasteiger partial charge on any atom is 0.210 e. The Labute approximate surface area is 153 Å². The minimum absolute atomic E-state index is 0.412. The first kappa shape index (κ1) is 18.4. The number of nitrogens with zero attached hydrogens (tertiary/aromatic N) is 3. The highest BCUT2D eigenvalue weighted by Gasteiger charge is 2.24. The average molecular weight is 384 g/mol. The number of hydrogen-bond donors (Lipinski definition) is 0. The van der Waals surface area contributed by atoms with E-state index in [1.54, 1.807) is 18.4 Å². The van der Waals surface area contributed by atoms with Gasteiger partial charge in [-0.15, -0.1) is 0 Å². The fourth-order valence-electron chi connectivity index (χ4n) is 3.09. The third-order valence-electron chi connectivity index (χ3n) is 4.63. The van der Waals surface area contributed by atoms with Gasteiger partial charge in [0.2, 0.25) is 10.0 Å². The Bertz CT molecular complexity index is 827. The van der Waals surface area contributed by atoms with Crippen molar-refractivity contribution in [1.29, 1.82) is 0 Å². The molecule has 0 bridgehead atoms. The number of rotatable bonds is 6. The monoisotopic (exact) mass is 383 g/mol. The number of anilines is 1. The lowest BCUT2D eigenvalue weighted by Gasteiger charge is -2.33. The van der Waals surface area contributed by atoms with E-state index in [1.807, 2.05) is 25.1 Å². The Hall–Kier alpha value is -1.38. The normalized spacial score (nSPS) is 16.7. The van der Waals surface area contributed by atoms with Crippen LogP contribution in [0.2, 0.25) is 0 Å². The van der Waals surface area contributed by atoms with Gasteiger partial charge >= 0.3 is 0 Å². The van der Waals surface area contributed by atoms with Gasteiger partial charge in [0.05, 0.1) is 23.1 Å². The van der Waals surface area contributed by atoms with Crippen molar-refractivity contribution in [3.8, 4) is 5.75 Å². The Balaban J connectivity index is 1.63. The molecule has 138 valence electrons. The molecule has 25 heavy (non-hydrogen) atoms. The Morgan fingerprint density at radius 3 is 2.72 bits per heavy atom. The van der Waals surface area contributed by atoms with Crippen LogP contribution in [0.5, 0.6) is 5.75 Å². The van der Waals surface area contributed by atoms with Crippen LogP contribution >= 0.6 is 11.3 Å². The average Bonchev–Trinajstić information content (AvgIpc) is 2.98. The summed E-state index contributed by atoms with van der Waals surface area (Å²) in [5.41, 5.74) is 1.00. The highest BCUT2D eigenvalue weighted by atomic mass is 32.2. The van der Waals surface area contributed by atoms with Gasteiger partial charge in [-0.25, -0.2) is 17.7 Å². The van der Waals surface area contributed by atoms with E-state index in [1.165, 1.54) is 10.6 Å². The predicted octanol–water partition coefficient (Wildman–Crippen LogP) is 2.80. The molecule has 6 nitrogen and oxygen atoms in total. The molecule has 2 heterocycles. The number of sulfonamides is 1. The Kier molecular flexibility index (Phi) is 5.50. The first-order valence-corrected chi connectivity index (χ1v) is 11.2. The number of piperidine rings is 1. The lowest BCUT2D eigenvalue weighted by molar-refractivity contribution is 0.329. The Morgan fingerprint density at radius 2 is 2.08 bits per heavy atom. The third kappa shape index (κ3) is 4.43. The van der Waals surface area contributed by atoms with E-state index in [4.69, 9.17) is 9.72 Å². The SMILES string of the molecule is CCOc1ccc2nc(N3CCC(CN(C)S(C)(=O)=O)CC3)sc2c1. The van der Waals surface area contributed by atoms with Gasteiger partial charge < -0.3 is 9.64 Å². The summed E-state index contributed by atoms with van der Waals surface area (Å²) in [6.07, 6.45) is 3.24. The second kappa shape index (κ2) is 7.47. The number of thiazole rings is 1. The van der Waals surface area contributed by atoms with Gasteiger partial charge in [0, 0.05) is 26.7 Å². The summed E-state index contributed by atoms with van der Waals surface area (Å²) in [6, 6.07) is 6.02. The lowest BCUT2D eigenvalue weighted by atomic mass is 9.97. The standard InChI is InChI=1S/C17H25N3O3S2/c1-4-23-14-5-6-15-16(11-14)24-17(18-15)20-9-7-13(8-10-20)12-19(2)25(3,21)22/h5-6,11,13H,4,7-10,12H2,1-3H3. The van der Waals surface area contributed by atoms with Crippen molar-refractivity contribution in [2.45, 2.75) is 19.8 Å². The molecule has 1 aromatic carbocycles.